The summed E-state index contributed by atoms with van der Waals surface area (Å²) in [6.45, 7) is 1.71. The largest absolute Gasteiger partial charge is 0.316 e. The molecule has 0 bridgehead atoms. The molecule has 4 nitrogen and oxygen atoms in total. The van der Waals surface area contributed by atoms with Crippen LogP contribution >= 0.6 is 11.3 Å². The number of nitrogens with zero attached hydrogens (tertiary/aromatic N) is 1. The van der Waals surface area contributed by atoms with Crippen LogP contribution in [0.1, 0.15) is 30.7 Å². The van der Waals surface area contributed by atoms with Gasteiger partial charge in [-0.3, -0.25) is 4.79 Å². The van der Waals surface area contributed by atoms with Crippen molar-refractivity contribution >= 4 is 32.6 Å². The number of carbonyl (C=O) groups excluding carboxylic acids is 1. The number of hydrogen-bond donors (Lipinski definition) is 2. The molecule has 2 heterocycles. The van der Waals surface area contributed by atoms with E-state index >= 15 is 0 Å². The van der Waals surface area contributed by atoms with Crippen LogP contribution < -0.4 is 10.6 Å². The molecular formula is C15H17N3OS. The third kappa shape index (κ3) is 2.31. The zero-order chi connectivity index (χ0) is 13.5. The minimum atomic E-state index is 0.0871. The second-order valence-corrected chi connectivity index (χ2v) is 6.73. The molecule has 1 aromatic heterocycles. The van der Waals surface area contributed by atoms with Crippen LogP contribution in [0.2, 0.25) is 0 Å². The van der Waals surface area contributed by atoms with Crippen LogP contribution in [0.4, 0.5) is 5.13 Å². The van der Waals surface area contributed by atoms with E-state index in [4.69, 9.17) is 0 Å². The van der Waals surface area contributed by atoms with Crippen LogP contribution in [-0.4, -0.2) is 24.0 Å². The molecule has 0 spiro atoms. The first-order valence-electron chi connectivity index (χ1n) is 7.22. The van der Waals surface area contributed by atoms with E-state index in [0.717, 1.165) is 36.1 Å². The van der Waals surface area contributed by atoms with E-state index < -0.39 is 0 Å². The lowest BCUT2D eigenvalue weighted by atomic mass is 10.1. The highest BCUT2D eigenvalue weighted by Crippen LogP contribution is 2.41. The summed E-state index contributed by atoms with van der Waals surface area (Å²) >= 11 is 1.58. The van der Waals surface area contributed by atoms with Crippen molar-refractivity contribution in [2.24, 2.45) is 5.92 Å². The van der Waals surface area contributed by atoms with Gasteiger partial charge in [-0.2, -0.15) is 0 Å². The minimum Gasteiger partial charge on any atom is -0.316 e. The Balaban J connectivity index is 1.55. The van der Waals surface area contributed by atoms with Gasteiger partial charge in [0, 0.05) is 6.54 Å². The highest BCUT2D eigenvalue weighted by Gasteiger charge is 2.25. The Bertz CT molecular complexity index is 656. The zero-order valence-electron chi connectivity index (χ0n) is 11.2. The Morgan fingerprint density at radius 1 is 1.35 bits per heavy atom. The SMILES string of the molecule is O=C(Nc1nc2ccc(C3CC3)cc2s1)C1CCNC1. The van der Waals surface area contributed by atoms with E-state index in [0.29, 0.717) is 0 Å². The summed E-state index contributed by atoms with van der Waals surface area (Å²) in [7, 11) is 0. The Morgan fingerprint density at radius 2 is 2.25 bits per heavy atom. The molecule has 2 aromatic rings. The molecule has 4 rings (SSSR count). The fourth-order valence-corrected chi connectivity index (χ4v) is 3.67. The molecule has 20 heavy (non-hydrogen) atoms. The summed E-state index contributed by atoms with van der Waals surface area (Å²) in [5.74, 6) is 0.935. The maximum atomic E-state index is 12.1. The lowest BCUT2D eigenvalue weighted by Gasteiger charge is -2.06. The Morgan fingerprint density at radius 3 is 3.00 bits per heavy atom. The Labute approximate surface area is 121 Å². The number of rotatable bonds is 3. The third-order valence-corrected chi connectivity index (χ3v) is 5.06. The molecule has 5 heteroatoms. The smallest absolute Gasteiger partial charge is 0.230 e. The van der Waals surface area contributed by atoms with E-state index in [1.54, 1.807) is 11.3 Å². The summed E-state index contributed by atoms with van der Waals surface area (Å²) in [4.78, 5) is 16.6. The second-order valence-electron chi connectivity index (χ2n) is 5.70. The fourth-order valence-electron chi connectivity index (χ4n) is 2.75. The van der Waals surface area contributed by atoms with Crippen LogP contribution in [0, 0.1) is 5.92 Å². The monoisotopic (exact) mass is 287 g/mol. The van der Waals surface area contributed by atoms with E-state index in [-0.39, 0.29) is 11.8 Å². The molecule has 1 aliphatic heterocycles. The number of amides is 1. The number of aromatic nitrogens is 1. The molecule has 1 unspecified atom stereocenters. The fraction of sp³-hybridized carbons (Fsp3) is 0.467. The number of carbonyl (C=O) groups is 1. The first-order chi connectivity index (χ1) is 9.79. The van der Waals surface area contributed by atoms with E-state index in [2.05, 4.69) is 33.8 Å². The first-order valence-corrected chi connectivity index (χ1v) is 8.03. The lowest BCUT2D eigenvalue weighted by Crippen LogP contribution is -2.24. The van der Waals surface area contributed by atoms with E-state index in [1.807, 2.05) is 0 Å². The maximum Gasteiger partial charge on any atom is 0.230 e. The second kappa shape index (κ2) is 4.82. The van der Waals surface area contributed by atoms with Gasteiger partial charge in [-0.1, -0.05) is 17.4 Å². The molecule has 1 amide bonds. The highest BCUT2D eigenvalue weighted by molar-refractivity contribution is 7.22. The quantitative estimate of drug-likeness (QED) is 0.912. The van der Waals surface area contributed by atoms with Crippen LogP contribution in [0.25, 0.3) is 10.2 Å². The molecule has 1 aliphatic carbocycles. The molecule has 2 fully saturated rings. The van der Waals surface area contributed by atoms with Crippen LogP contribution in [-0.2, 0) is 4.79 Å². The van der Waals surface area contributed by atoms with E-state index in [1.165, 1.54) is 23.1 Å². The number of thiazole rings is 1. The van der Waals surface area contributed by atoms with Gasteiger partial charge in [-0.05, 0) is 49.4 Å². The number of nitrogens with one attached hydrogen (secondary N) is 2. The van der Waals surface area contributed by atoms with Crippen molar-refractivity contribution < 1.29 is 4.79 Å². The van der Waals surface area contributed by atoms with Gasteiger partial charge in [0.2, 0.25) is 5.91 Å². The molecule has 1 atom stereocenters. The van der Waals surface area contributed by atoms with Crippen molar-refractivity contribution in [1.82, 2.24) is 10.3 Å². The minimum absolute atomic E-state index is 0.0871. The summed E-state index contributed by atoms with van der Waals surface area (Å²) in [6, 6.07) is 6.48. The van der Waals surface area contributed by atoms with Crippen molar-refractivity contribution in [3.63, 3.8) is 0 Å². The normalized spacial score (nSPS) is 22.3. The standard InChI is InChI=1S/C15H17N3OS/c19-14(11-5-6-16-8-11)18-15-17-12-4-3-10(9-1-2-9)7-13(12)20-15/h3-4,7,9,11,16H,1-2,5-6,8H2,(H,17,18,19). The maximum absolute atomic E-state index is 12.1. The van der Waals surface area contributed by atoms with Crippen LogP contribution in [0.5, 0.6) is 0 Å². The van der Waals surface area contributed by atoms with E-state index in [9.17, 15) is 4.79 Å². The molecule has 0 radical (unpaired) electrons. The number of hydrogen-bond acceptors (Lipinski definition) is 4. The van der Waals surface area contributed by atoms with Gasteiger partial charge in [-0.15, -0.1) is 0 Å². The Kier molecular flexibility index (Phi) is 2.97. The molecule has 1 saturated carbocycles. The third-order valence-electron chi connectivity index (χ3n) is 4.12. The van der Waals surface area contributed by atoms with Crippen LogP contribution in [0.15, 0.2) is 18.2 Å². The summed E-state index contributed by atoms with van der Waals surface area (Å²) < 4.78 is 1.18. The van der Waals surface area contributed by atoms with Gasteiger partial charge < -0.3 is 10.6 Å². The predicted octanol–water partition coefficient (Wildman–Crippen LogP) is 2.72. The van der Waals surface area contributed by atoms with Crippen molar-refractivity contribution in [1.29, 1.82) is 0 Å². The predicted molar refractivity (Wildman–Crippen MR) is 81.2 cm³/mol. The Hall–Kier alpha value is -1.46. The lowest BCUT2D eigenvalue weighted by molar-refractivity contribution is -0.119. The summed E-state index contributed by atoms with van der Waals surface area (Å²) in [6.07, 6.45) is 3.54. The average molecular weight is 287 g/mol. The molecule has 2 aliphatic rings. The summed E-state index contributed by atoms with van der Waals surface area (Å²) in [5.41, 5.74) is 2.40. The van der Waals surface area contributed by atoms with Crippen molar-refractivity contribution in [2.75, 3.05) is 18.4 Å². The van der Waals surface area contributed by atoms with Gasteiger partial charge in [0.1, 0.15) is 0 Å². The molecule has 1 aromatic carbocycles. The topological polar surface area (TPSA) is 54.0 Å². The summed E-state index contributed by atoms with van der Waals surface area (Å²) in [5, 5.41) is 6.91. The molecule has 2 N–H and O–H groups in total. The molecular weight excluding hydrogens is 270 g/mol. The van der Waals surface area contributed by atoms with Crippen LogP contribution in [0.3, 0.4) is 0 Å². The molecule has 1 saturated heterocycles. The van der Waals surface area contributed by atoms with Crippen molar-refractivity contribution in [3.8, 4) is 0 Å². The van der Waals surface area contributed by atoms with Gasteiger partial charge in [-0.25, -0.2) is 4.98 Å². The van der Waals surface area contributed by atoms with Crippen molar-refractivity contribution in [2.45, 2.75) is 25.2 Å². The van der Waals surface area contributed by atoms with Gasteiger partial charge in [0.05, 0.1) is 16.1 Å². The average Bonchev–Trinajstić information content (AvgIpc) is 3.01. The molecule has 104 valence electrons. The van der Waals surface area contributed by atoms with Crippen molar-refractivity contribution in [3.05, 3.63) is 23.8 Å². The number of benzene rings is 1. The first kappa shape index (κ1) is 12.3. The number of anilines is 1. The highest BCUT2D eigenvalue weighted by atomic mass is 32.1. The van der Waals surface area contributed by atoms with Gasteiger partial charge in [0.15, 0.2) is 5.13 Å². The van der Waals surface area contributed by atoms with Gasteiger partial charge >= 0.3 is 0 Å². The zero-order valence-corrected chi connectivity index (χ0v) is 12.0. The number of fused-ring (bicyclic) bond motifs is 1. The van der Waals surface area contributed by atoms with Gasteiger partial charge in [0.25, 0.3) is 0 Å².